The maximum atomic E-state index is 5.82. The van der Waals surface area contributed by atoms with Crippen molar-refractivity contribution in [1.29, 1.82) is 0 Å². The van der Waals surface area contributed by atoms with E-state index in [0.29, 0.717) is 11.6 Å². The number of hydrogen-bond donors (Lipinski definition) is 0. The average molecular weight is 238 g/mol. The van der Waals surface area contributed by atoms with Crippen molar-refractivity contribution in [2.45, 2.75) is 12.8 Å². The lowest BCUT2D eigenvalue weighted by Gasteiger charge is -2.07. The molecule has 0 unspecified atom stereocenters. The Bertz CT molecular complexity index is 496. The Hall–Kier alpha value is -1.55. The maximum Gasteiger partial charge on any atom is 0.165 e. The van der Waals surface area contributed by atoms with Crippen molar-refractivity contribution in [2.24, 2.45) is 7.05 Å². The quantitative estimate of drug-likeness (QED) is 0.771. The van der Waals surface area contributed by atoms with Gasteiger partial charge in [0.2, 0.25) is 0 Å². The maximum absolute atomic E-state index is 5.82. The van der Waals surface area contributed by atoms with E-state index in [1.54, 1.807) is 23.3 Å². The summed E-state index contributed by atoms with van der Waals surface area (Å²) < 4.78 is 7.38. The first-order valence-corrected chi connectivity index (χ1v) is 5.40. The van der Waals surface area contributed by atoms with E-state index >= 15 is 0 Å². The number of aromatic nitrogens is 3. The fraction of sp³-hybridized carbons (Fsp3) is 0.273. The number of pyridine rings is 1. The standard InChI is InChI=1S/C11H12ClN3O/c1-8-3-11(9(4-12)5-13-8)16-10-6-14-15(2)7-10/h3,5-7H,4H2,1-2H3. The molecule has 5 heteroatoms. The molecule has 2 heterocycles. The molecule has 2 rings (SSSR count). The van der Waals surface area contributed by atoms with Crippen LogP contribution in [0.25, 0.3) is 0 Å². The lowest BCUT2D eigenvalue weighted by Crippen LogP contribution is -1.92. The fourth-order valence-corrected chi connectivity index (χ4v) is 1.54. The van der Waals surface area contributed by atoms with E-state index in [1.807, 2.05) is 20.0 Å². The van der Waals surface area contributed by atoms with Crippen molar-refractivity contribution in [1.82, 2.24) is 14.8 Å². The molecule has 16 heavy (non-hydrogen) atoms. The molecule has 2 aromatic rings. The van der Waals surface area contributed by atoms with Gasteiger partial charge in [-0.3, -0.25) is 9.67 Å². The molecule has 84 valence electrons. The molecule has 0 amide bonds. The van der Waals surface area contributed by atoms with E-state index < -0.39 is 0 Å². The minimum Gasteiger partial charge on any atom is -0.454 e. The zero-order valence-electron chi connectivity index (χ0n) is 9.14. The van der Waals surface area contributed by atoms with Crippen LogP contribution in [0, 0.1) is 6.92 Å². The van der Waals surface area contributed by atoms with Crippen molar-refractivity contribution >= 4 is 11.6 Å². The molecular weight excluding hydrogens is 226 g/mol. The van der Waals surface area contributed by atoms with Crippen molar-refractivity contribution in [2.75, 3.05) is 0 Å². The van der Waals surface area contributed by atoms with Gasteiger partial charge in [-0.05, 0) is 6.92 Å². The summed E-state index contributed by atoms with van der Waals surface area (Å²) in [4.78, 5) is 4.17. The van der Waals surface area contributed by atoms with E-state index in [2.05, 4.69) is 10.1 Å². The third-order valence-corrected chi connectivity index (χ3v) is 2.42. The summed E-state index contributed by atoms with van der Waals surface area (Å²) in [5.74, 6) is 1.80. The molecule has 0 N–H and O–H groups in total. The lowest BCUT2D eigenvalue weighted by atomic mass is 10.2. The monoisotopic (exact) mass is 237 g/mol. The molecule has 2 aromatic heterocycles. The second-order valence-corrected chi connectivity index (χ2v) is 3.79. The molecule has 0 aromatic carbocycles. The van der Waals surface area contributed by atoms with E-state index in [1.165, 1.54) is 0 Å². The number of alkyl halides is 1. The Morgan fingerprint density at radius 3 is 2.88 bits per heavy atom. The molecule has 0 saturated carbocycles. The minimum absolute atomic E-state index is 0.378. The summed E-state index contributed by atoms with van der Waals surface area (Å²) in [6.45, 7) is 1.91. The van der Waals surface area contributed by atoms with Gasteiger partial charge in [0.15, 0.2) is 5.75 Å². The topological polar surface area (TPSA) is 39.9 Å². The minimum atomic E-state index is 0.378. The molecule has 4 nitrogen and oxygen atoms in total. The summed E-state index contributed by atoms with van der Waals surface area (Å²) in [6, 6.07) is 1.87. The van der Waals surface area contributed by atoms with Gasteiger partial charge in [0.25, 0.3) is 0 Å². The van der Waals surface area contributed by atoms with E-state index in [-0.39, 0.29) is 0 Å². The van der Waals surface area contributed by atoms with Gasteiger partial charge in [-0.2, -0.15) is 5.10 Å². The van der Waals surface area contributed by atoms with Crippen LogP contribution in [0.4, 0.5) is 0 Å². The van der Waals surface area contributed by atoms with E-state index in [4.69, 9.17) is 16.3 Å². The van der Waals surface area contributed by atoms with Crippen LogP contribution in [0.5, 0.6) is 11.5 Å². The third kappa shape index (κ3) is 2.33. The molecule has 0 atom stereocenters. The first kappa shape index (κ1) is 11.0. The number of hydrogen-bond acceptors (Lipinski definition) is 3. The Labute approximate surface area is 98.8 Å². The summed E-state index contributed by atoms with van der Waals surface area (Å²) in [5, 5.41) is 4.03. The smallest absolute Gasteiger partial charge is 0.165 e. The van der Waals surface area contributed by atoms with Gasteiger partial charge in [0.05, 0.1) is 18.3 Å². The van der Waals surface area contributed by atoms with E-state index in [0.717, 1.165) is 17.0 Å². The average Bonchev–Trinajstić information content (AvgIpc) is 2.64. The largest absolute Gasteiger partial charge is 0.454 e. The highest BCUT2D eigenvalue weighted by atomic mass is 35.5. The van der Waals surface area contributed by atoms with Gasteiger partial charge in [0, 0.05) is 30.6 Å². The number of rotatable bonds is 3. The van der Waals surface area contributed by atoms with E-state index in [9.17, 15) is 0 Å². The van der Waals surface area contributed by atoms with Crippen molar-refractivity contribution in [3.63, 3.8) is 0 Å². The van der Waals surface area contributed by atoms with Gasteiger partial charge < -0.3 is 4.74 Å². The molecule has 0 bridgehead atoms. The molecule has 0 radical (unpaired) electrons. The van der Waals surface area contributed by atoms with Gasteiger partial charge in [-0.25, -0.2) is 0 Å². The first-order chi connectivity index (χ1) is 7.69. The normalized spacial score (nSPS) is 10.4. The Kier molecular flexibility index (Phi) is 3.10. The zero-order chi connectivity index (χ0) is 11.5. The molecule has 0 aliphatic heterocycles. The molecule has 0 spiro atoms. The van der Waals surface area contributed by atoms with Gasteiger partial charge in [0.1, 0.15) is 5.75 Å². The number of halogens is 1. The van der Waals surface area contributed by atoms with Gasteiger partial charge in [-0.15, -0.1) is 11.6 Å². The summed E-state index contributed by atoms with van der Waals surface area (Å²) in [6.07, 6.45) is 5.19. The van der Waals surface area contributed by atoms with Crippen LogP contribution in [0.1, 0.15) is 11.3 Å². The van der Waals surface area contributed by atoms with Crippen molar-refractivity contribution in [3.05, 3.63) is 35.9 Å². The first-order valence-electron chi connectivity index (χ1n) is 4.87. The highest BCUT2D eigenvalue weighted by molar-refractivity contribution is 6.17. The summed E-state index contributed by atoms with van der Waals surface area (Å²) >= 11 is 5.82. The highest BCUT2D eigenvalue weighted by Crippen LogP contribution is 2.26. The third-order valence-electron chi connectivity index (χ3n) is 2.13. The Balaban J connectivity index is 2.29. The van der Waals surface area contributed by atoms with Crippen LogP contribution in [0.2, 0.25) is 0 Å². The van der Waals surface area contributed by atoms with Gasteiger partial charge >= 0.3 is 0 Å². The number of ether oxygens (including phenoxy) is 1. The van der Waals surface area contributed by atoms with Crippen LogP contribution in [0.3, 0.4) is 0 Å². The molecule has 0 aliphatic rings. The SMILES string of the molecule is Cc1cc(Oc2cnn(C)c2)c(CCl)cn1. The van der Waals surface area contributed by atoms with Crippen LogP contribution in [-0.2, 0) is 12.9 Å². The number of aryl methyl sites for hydroxylation is 2. The van der Waals surface area contributed by atoms with Gasteiger partial charge in [-0.1, -0.05) is 0 Å². The highest BCUT2D eigenvalue weighted by Gasteiger charge is 2.06. The molecule has 0 saturated heterocycles. The predicted molar refractivity (Wildman–Crippen MR) is 61.8 cm³/mol. The van der Waals surface area contributed by atoms with Crippen LogP contribution in [0.15, 0.2) is 24.7 Å². The molecular formula is C11H12ClN3O. The molecule has 0 aliphatic carbocycles. The Morgan fingerprint density at radius 1 is 1.44 bits per heavy atom. The van der Waals surface area contributed by atoms with Crippen LogP contribution >= 0.6 is 11.6 Å². The number of nitrogens with zero attached hydrogens (tertiary/aromatic N) is 3. The molecule has 0 fully saturated rings. The predicted octanol–water partition coefficient (Wildman–Crippen LogP) is 2.65. The zero-order valence-corrected chi connectivity index (χ0v) is 9.90. The Morgan fingerprint density at radius 2 is 2.25 bits per heavy atom. The van der Waals surface area contributed by atoms with Crippen molar-refractivity contribution < 1.29 is 4.74 Å². The summed E-state index contributed by atoms with van der Waals surface area (Å²) in [5.41, 5.74) is 1.77. The van der Waals surface area contributed by atoms with Crippen molar-refractivity contribution in [3.8, 4) is 11.5 Å². The van der Waals surface area contributed by atoms with Crippen LogP contribution in [-0.4, -0.2) is 14.8 Å². The fourth-order valence-electron chi connectivity index (χ4n) is 1.34. The lowest BCUT2D eigenvalue weighted by molar-refractivity contribution is 0.476. The second-order valence-electron chi connectivity index (χ2n) is 3.52. The second kappa shape index (κ2) is 4.53. The summed E-state index contributed by atoms with van der Waals surface area (Å²) in [7, 11) is 1.84. The van der Waals surface area contributed by atoms with Crippen LogP contribution < -0.4 is 4.74 Å².